The maximum atomic E-state index is 5.82. The lowest BCUT2D eigenvalue weighted by Gasteiger charge is -2.06. The van der Waals surface area contributed by atoms with Crippen molar-refractivity contribution in [2.24, 2.45) is 0 Å². The molecule has 2 aromatic carbocycles. The van der Waals surface area contributed by atoms with Crippen LogP contribution in [0.15, 0.2) is 57.7 Å². The molecule has 2 aromatic heterocycles. The number of benzene rings is 2. The van der Waals surface area contributed by atoms with Crippen LogP contribution in [0.5, 0.6) is 5.75 Å². The quantitative estimate of drug-likeness (QED) is 0.531. The van der Waals surface area contributed by atoms with Crippen molar-refractivity contribution in [3.05, 3.63) is 53.3 Å². The van der Waals surface area contributed by atoms with E-state index < -0.39 is 0 Å². The molecule has 0 saturated heterocycles. The van der Waals surface area contributed by atoms with Crippen molar-refractivity contribution in [1.82, 2.24) is 15.2 Å². The zero-order valence-electron chi connectivity index (χ0n) is 12.7. The molecule has 7 heteroatoms. The maximum Gasteiger partial charge on any atom is 0.299 e. The molecule has 4 rings (SSSR count). The van der Waals surface area contributed by atoms with Gasteiger partial charge in [0.1, 0.15) is 5.75 Å². The molecule has 0 spiro atoms. The van der Waals surface area contributed by atoms with Crippen molar-refractivity contribution in [3.63, 3.8) is 0 Å². The van der Waals surface area contributed by atoms with Crippen LogP contribution in [0.25, 0.3) is 22.2 Å². The van der Waals surface area contributed by atoms with E-state index in [0.29, 0.717) is 11.8 Å². The molecule has 0 atom stereocenters. The third-order valence-electron chi connectivity index (χ3n) is 3.62. The average Bonchev–Trinajstić information content (AvgIpc) is 3.23. The summed E-state index contributed by atoms with van der Waals surface area (Å²) in [6.07, 6.45) is 3.44. The van der Waals surface area contributed by atoms with Gasteiger partial charge in [-0.2, -0.15) is 5.10 Å². The number of nitrogens with zero attached hydrogens (tertiary/aromatic N) is 2. The fourth-order valence-corrected chi connectivity index (χ4v) is 2.83. The van der Waals surface area contributed by atoms with Gasteiger partial charge in [0.05, 0.1) is 30.6 Å². The molecule has 0 aliphatic carbocycles. The second kappa shape index (κ2) is 6.01. The Hall–Kier alpha value is -2.80. The van der Waals surface area contributed by atoms with Crippen molar-refractivity contribution >= 4 is 38.5 Å². The first-order chi connectivity index (χ1) is 11.7. The maximum absolute atomic E-state index is 5.82. The number of ether oxygens (including phenoxy) is 1. The fourth-order valence-electron chi connectivity index (χ4n) is 2.47. The molecule has 6 nitrogen and oxygen atoms in total. The first-order valence-corrected chi connectivity index (χ1v) is 8.02. The number of halogens is 1. The number of nitrogens with one attached hydrogen (secondary N) is 2. The molecule has 0 unspecified atom stereocenters. The van der Waals surface area contributed by atoms with Crippen LogP contribution < -0.4 is 10.1 Å². The van der Waals surface area contributed by atoms with Crippen molar-refractivity contribution in [2.45, 2.75) is 0 Å². The Bertz CT molecular complexity index is 1010. The lowest BCUT2D eigenvalue weighted by atomic mass is 10.1. The number of aromatic amines is 1. The molecule has 2 heterocycles. The minimum Gasteiger partial charge on any atom is -0.496 e. The Labute approximate surface area is 146 Å². The Morgan fingerprint density at radius 3 is 2.96 bits per heavy atom. The molecular formula is C17H13BrN4O2. The summed E-state index contributed by atoms with van der Waals surface area (Å²) in [5.74, 6) is 1.35. The van der Waals surface area contributed by atoms with E-state index in [1.54, 1.807) is 19.5 Å². The monoisotopic (exact) mass is 384 g/mol. The van der Waals surface area contributed by atoms with Gasteiger partial charge in [0.25, 0.3) is 6.01 Å². The summed E-state index contributed by atoms with van der Waals surface area (Å²) in [5, 5.41) is 11.1. The summed E-state index contributed by atoms with van der Waals surface area (Å²) in [4.78, 5) is 4.29. The van der Waals surface area contributed by atoms with Crippen LogP contribution >= 0.6 is 15.9 Å². The zero-order chi connectivity index (χ0) is 16.5. The smallest absolute Gasteiger partial charge is 0.299 e. The van der Waals surface area contributed by atoms with E-state index in [2.05, 4.69) is 36.4 Å². The SMILES string of the molecule is COc1ccc(Br)cc1-c1cnc(Nc2ccc3[nH]ncc3c2)o1. The number of hydrogen-bond donors (Lipinski definition) is 2. The number of aromatic nitrogens is 3. The summed E-state index contributed by atoms with van der Waals surface area (Å²) >= 11 is 3.46. The lowest BCUT2D eigenvalue weighted by molar-refractivity contribution is 0.414. The number of hydrogen-bond acceptors (Lipinski definition) is 5. The Balaban J connectivity index is 1.64. The molecule has 0 fully saturated rings. The molecule has 0 amide bonds. The number of methoxy groups -OCH3 is 1. The fraction of sp³-hybridized carbons (Fsp3) is 0.0588. The van der Waals surface area contributed by atoms with E-state index in [1.807, 2.05) is 36.4 Å². The van der Waals surface area contributed by atoms with Gasteiger partial charge in [-0.25, -0.2) is 4.98 Å². The Morgan fingerprint density at radius 1 is 1.17 bits per heavy atom. The number of fused-ring (bicyclic) bond motifs is 1. The highest BCUT2D eigenvalue weighted by Gasteiger charge is 2.12. The summed E-state index contributed by atoms with van der Waals surface area (Å²) in [6.45, 7) is 0. The zero-order valence-corrected chi connectivity index (χ0v) is 14.3. The molecule has 0 aliphatic heterocycles. The first-order valence-electron chi connectivity index (χ1n) is 7.23. The highest BCUT2D eigenvalue weighted by molar-refractivity contribution is 9.10. The highest BCUT2D eigenvalue weighted by Crippen LogP contribution is 2.34. The molecule has 0 aliphatic rings. The van der Waals surface area contributed by atoms with Gasteiger partial charge in [0.2, 0.25) is 0 Å². The summed E-state index contributed by atoms with van der Waals surface area (Å²) in [5.41, 5.74) is 2.68. The summed E-state index contributed by atoms with van der Waals surface area (Å²) in [7, 11) is 1.63. The van der Waals surface area contributed by atoms with Gasteiger partial charge in [-0.05, 0) is 36.4 Å². The predicted molar refractivity (Wildman–Crippen MR) is 95.6 cm³/mol. The van der Waals surface area contributed by atoms with Crippen molar-refractivity contribution in [2.75, 3.05) is 12.4 Å². The Kier molecular flexibility index (Phi) is 3.70. The van der Waals surface area contributed by atoms with Crippen LogP contribution in [-0.4, -0.2) is 22.3 Å². The molecule has 24 heavy (non-hydrogen) atoms. The third kappa shape index (κ3) is 2.74. The van der Waals surface area contributed by atoms with E-state index in [9.17, 15) is 0 Å². The van der Waals surface area contributed by atoms with Gasteiger partial charge >= 0.3 is 0 Å². The summed E-state index contributed by atoms with van der Waals surface area (Å²) < 4.78 is 12.1. The molecule has 0 radical (unpaired) electrons. The van der Waals surface area contributed by atoms with Gasteiger partial charge in [-0.3, -0.25) is 5.10 Å². The standard InChI is InChI=1S/C17H13BrN4O2/c1-23-15-5-2-11(18)7-13(15)16-9-19-17(24-16)21-12-3-4-14-10(6-12)8-20-22-14/h2-9H,1H3,(H,19,21)(H,20,22). The normalized spacial score (nSPS) is 10.9. The molecule has 0 bridgehead atoms. The van der Waals surface area contributed by atoms with Gasteiger partial charge in [0.15, 0.2) is 5.76 Å². The molecular weight excluding hydrogens is 372 g/mol. The number of anilines is 2. The summed E-state index contributed by atoms with van der Waals surface area (Å²) in [6, 6.07) is 12.0. The van der Waals surface area contributed by atoms with Crippen LogP contribution in [-0.2, 0) is 0 Å². The predicted octanol–water partition coefficient (Wildman–Crippen LogP) is 4.73. The highest BCUT2D eigenvalue weighted by atomic mass is 79.9. The van der Waals surface area contributed by atoms with Gasteiger partial charge < -0.3 is 14.5 Å². The first kappa shape index (κ1) is 14.8. The second-order valence-electron chi connectivity index (χ2n) is 5.17. The molecule has 4 aromatic rings. The van der Waals surface area contributed by atoms with Crippen LogP contribution in [0.2, 0.25) is 0 Å². The van der Waals surface area contributed by atoms with Crippen molar-refractivity contribution < 1.29 is 9.15 Å². The third-order valence-corrected chi connectivity index (χ3v) is 4.12. The van der Waals surface area contributed by atoms with Crippen molar-refractivity contribution in [1.29, 1.82) is 0 Å². The number of oxazole rings is 1. The van der Waals surface area contributed by atoms with Crippen LogP contribution in [0, 0.1) is 0 Å². The second-order valence-corrected chi connectivity index (χ2v) is 6.09. The lowest BCUT2D eigenvalue weighted by Crippen LogP contribution is -1.89. The van der Waals surface area contributed by atoms with E-state index in [0.717, 1.165) is 32.4 Å². The van der Waals surface area contributed by atoms with E-state index in [4.69, 9.17) is 9.15 Å². The average molecular weight is 385 g/mol. The molecule has 2 N–H and O–H groups in total. The topological polar surface area (TPSA) is 76.0 Å². The number of H-pyrrole nitrogens is 1. The van der Waals surface area contributed by atoms with Crippen molar-refractivity contribution in [3.8, 4) is 17.1 Å². The van der Waals surface area contributed by atoms with Crippen LogP contribution in [0.4, 0.5) is 11.7 Å². The molecule has 120 valence electrons. The minimum atomic E-state index is 0.412. The van der Waals surface area contributed by atoms with Crippen LogP contribution in [0.3, 0.4) is 0 Å². The Morgan fingerprint density at radius 2 is 2.08 bits per heavy atom. The molecule has 0 saturated carbocycles. The van der Waals surface area contributed by atoms with E-state index in [-0.39, 0.29) is 0 Å². The van der Waals surface area contributed by atoms with Gasteiger partial charge in [-0.15, -0.1) is 0 Å². The van der Waals surface area contributed by atoms with E-state index >= 15 is 0 Å². The number of rotatable bonds is 4. The minimum absolute atomic E-state index is 0.412. The van der Waals surface area contributed by atoms with Gasteiger partial charge in [-0.1, -0.05) is 15.9 Å². The van der Waals surface area contributed by atoms with E-state index in [1.165, 1.54) is 0 Å². The largest absolute Gasteiger partial charge is 0.496 e. The van der Waals surface area contributed by atoms with Gasteiger partial charge in [0, 0.05) is 15.5 Å². The van der Waals surface area contributed by atoms with Crippen LogP contribution in [0.1, 0.15) is 0 Å².